The molecule has 1 aromatic heterocycles. The van der Waals surface area contributed by atoms with Crippen molar-refractivity contribution in [1.29, 1.82) is 0 Å². The van der Waals surface area contributed by atoms with Gasteiger partial charge in [0.25, 0.3) is 11.8 Å². The first-order chi connectivity index (χ1) is 15.7. The topological polar surface area (TPSA) is 96.3 Å². The van der Waals surface area contributed by atoms with Gasteiger partial charge in [-0.25, -0.2) is 4.98 Å². The van der Waals surface area contributed by atoms with E-state index < -0.39 is 11.4 Å². The average Bonchev–Trinajstić information content (AvgIpc) is 3.18. The summed E-state index contributed by atoms with van der Waals surface area (Å²) < 4.78 is 2.55. The Balaban J connectivity index is 1.82. The second-order valence-electron chi connectivity index (χ2n) is 9.05. The Morgan fingerprint density at radius 1 is 1.27 bits per heavy atom. The van der Waals surface area contributed by atoms with E-state index in [4.69, 9.17) is 0 Å². The summed E-state index contributed by atoms with van der Waals surface area (Å²) in [4.78, 5) is 45.4. The highest BCUT2D eigenvalue weighted by Gasteiger charge is 2.48. The molecule has 0 aliphatic carbocycles. The van der Waals surface area contributed by atoms with Gasteiger partial charge in [-0.2, -0.15) is 0 Å². The van der Waals surface area contributed by atoms with Crippen LogP contribution in [0.2, 0.25) is 0 Å². The molecule has 1 aliphatic rings. The van der Waals surface area contributed by atoms with Gasteiger partial charge in [0.2, 0.25) is 5.91 Å². The van der Waals surface area contributed by atoms with Gasteiger partial charge < -0.3 is 20.1 Å². The second kappa shape index (κ2) is 10.5. The maximum Gasteiger partial charge on any atom is 0.273 e. The molecule has 0 saturated heterocycles. The first-order valence-electron chi connectivity index (χ1n) is 11.4. The molecule has 0 bridgehead atoms. The van der Waals surface area contributed by atoms with Gasteiger partial charge in [-0.1, -0.05) is 48.8 Å². The summed E-state index contributed by atoms with van der Waals surface area (Å²) >= 11 is 3.42. The van der Waals surface area contributed by atoms with Crippen molar-refractivity contribution in [3.63, 3.8) is 0 Å². The number of halogens is 1. The van der Waals surface area contributed by atoms with Crippen LogP contribution in [-0.4, -0.2) is 50.8 Å². The standard InChI is InChI=1S/C24H32BrN5O3/c1-5-11-30-22(32)20-19(21(31)27-13-17-7-6-8-18(25)12-17)28-15-29(20)14-24(30,4)23(33)26-10-9-16(2)3/h6-8,12,15-16H,5,9-11,13-14H2,1-4H3,(H,26,33)(H,27,31)/t24-/m0/s1. The number of rotatable bonds is 9. The number of benzene rings is 1. The van der Waals surface area contributed by atoms with Crippen LogP contribution in [0, 0.1) is 5.92 Å². The molecule has 9 heteroatoms. The summed E-state index contributed by atoms with van der Waals surface area (Å²) in [5.74, 6) is -0.491. The van der Waals surface area contributed by atoms with E-state index >= 15 is 0 Å². The van der Waals surface area contributed by atoms with E-state index in [0.717, 1.165) is 16.5 Å². The normalized spacial score (nSPS) is 17.8. The number of carbonyl (C=O) groups is 3. The fraction of sp³-hybridized carbons (Fsp3) is 0.500. The number of hydrogen-bond acceptors (Lipinski definition) is 4. The number of carbonyl (C=O) groups excluding carboxylic acids is 3. The van der Waals surface area contributed by atoms with Gasteiger partial charge in [-0.15, -0.1) is 0 Å². The molecule has 8 nitrogen and oxygen atoms in total. The summed E-state index contributed by atoms with van der Waals surface area (Å²) in [5.41, 5.74) is 0.179. The number of hydrogen-bond donors (Lipinski definition) is 2. The lowest BCUT2D eigenvalue weighted by Crippen LogP contribution is -2.64. The Morgan fingerprint density at radius 2 is 2.03 bits per heavy atom. The summed E-state index contributed by atoms with van der Waals surface area (Å²) in [6.45, 7) is 9.46. The van der Waals surface area contributed by atoms with Crippen LogP contribution >= 0.6 is 15.9 Å². The SMILES string of the molecule is CCCN1C(=O)c2c(C(=O)NCc3cccc(Br)c3)ncn2C[C@@]1(C)C(=O)NCCC(C)C. The van der Waals surface area contributed by atoms with Crippen molar-refractivity contribution in [2.45, 2.75) is 59.2 Å². The third-order valence-corrected chi connectivity index (χ3v) is 6.35. The van der Waals surface area contributed by atoms with Crippen LogP contribution in [0.15, 0.2) is 35.1 Å². The van der Waals surface area contributed by atoms with Crippen LogP contribution in [0.3, 0.4) is 0 Å². The fourth-order valence-corrected chi connectivity index (χ4v) is 4.45. The van der Waals surface area contributed by atoms with Gasteiger partial charge in [0.15, 0.2) is 5.69 Å². The molecule has 0 radical (unpaired) electrons. The number of aromatic nitrogens is 2. The molecule has 178 valence electrons. The summed E-state index contributed by atoms with van der Waals surface area (Å²) in [7, 11) is 0. The Morgan fingerprint density at radius 3 is 2.70 bits per heavy atom. The molecule has 2 heterocycles. The number of nitrogens with one attached hydrogen (secondary N) is 2. The maximum atomic E-state index is 13.5. The molecule has 0 unspecified atom stereocenters. The van der Waals surface area contributed by atoms with Crippen molar-refractivity contribution in [2.75, 3.05) is 13.1 Å². The third-order valence-electron chi connectivity index (χ3n) is 5.86. The zero-order valence-corrected chi connectivity index (χ0v) is 21.2. The fourth-order valence-electron chi connectivity index (χ4n) is 4.01. The summed E-state index contributed by atoms with van der Waals surface area (Å²) in [6, 6.07) is 7.63. The molecule has 2 N–H and O–H groups in total. The molecule has 33 heavy (non-hydrogen) atoms. The summed E-state index contributed by atoms with van der Waals surface area (Å²) in [5, 5.41) is 5.83. The van der Waals surface area contributed by atoms with Gasteiger partial charge in [0.05, 0.1) is 12.9 Å². The Bertz CT molecular complexity index is 1030. The van der Waals surface area contributed by atoms with Gasteiger partial charge >= 0.3 is 0 Å². The predicted molar refractivity (Wildman–Crippen MR) is 130 cm³/mol. The molecule has 3 amide bonds. The number of amides is 3. The van der Waals surface area contributed by atoms with Crippen LogP contribution in [0.4, 0.5) is 0 Å². The minimum Gasteiger partial charge on any atom is -0.354 e. The van der Waals surface area contributed by atoms with Crippen molar-refractivity contribution >= 4 is 33.7 Å². The highest BCUT2D eigenvalue weighted by molar-refractivity contribution is 9.10. The molecular weight excluding hydrogens is 486 g/mol. The minimum atomic E-state index is -1.05. The zero-order chi connectivity index (χ0) is 24.2. The maximum absolute atomic E-state index is 13.5. The van der Waals surface area contributed by atoms with Crippen molar-refractivity contribution in [3.05, 3.63) is 52.0 Å². The smallest absolute Gasteiger partial charge is 0.273 e. The van der Waals surface area contributed by atoms with E-state index in [0.29, 0.717) is 32.0 Å². The van der Waals surface area contributed by atoms with Crippen LogP contribution in [0.25, 0.3) is 0 Å². The minimum absolute atomic E-state index is 0.0818. The van der Waals surface area contributed by atoms with Crippen LogP contribution in [-0.2, 0) is 17.9 Å². The molecule has 1 aromatic carbocycles. The Labute approximate surface area is 203 Å². The van der Waals surface area contributed by atoms with Crippen molar-refractivity contribution < 1.29 is 14.4 Å². The first kappa shape index (κ1) is 25.0. The molecule has 0 saturated carbocycles. The molecule has 3 rings (SSSR count). The Hall–Kier alpha value is -2.68. The predicted octanol–water partition coefficient (Wildman–Crippen LogP) is 3.36. The number of fused-ring (bicyclic) bond motifs is 1. The van der Waals surface area contributed by atoms with E-state index in [1.807, 2.05) is 31.2 Å². The molecule has 0 fully saturated rings. The van der Waals surface area contributed by atoms with E-state index in [2.05, 4.69) is 45.4 Å². The molecule has 1 aliphatic heterocycles. The first-order valence-corrected chi connectivity index (χ1v) is 12.1. The van der Waals surface area contributed by atoms with E-state index in [9.17, 15) is 14.4 Å². The Kier molecular flexibility index (Phi) is 7.94. The van der Waals surface area contributed by atoms with Crippen LogP contribution in [0.5, 0.6) is 0 Å². The average molecular weight is 518 g/mol. The van der Waals surface area contributed by atoms with Crippen molar-refractivity contribution in [1.82, 2.24) is 25.1 Å². The molecule has 0 spiro atoms. The molecule has 2 aromatic rings. The van der Waals surface area contributed by atoms with Crippen molar-refractivity contribution in [3.8, 4) is 0 Å². The van der Waals surface area contributed by atoms with Crippen LogP contribution < -0.4 is 10.6 Å². The van der Waals surface area contributed by atoms with Crippen molar-refractivity contribution in [2.24, 2.45) is 5.92 Å². The van der Waals surface area contributed by atoms with Gasteiger partial charge in [-0.05, 0) is 43.4 Å². The number of imidazole rings is 1. The highest BCUT2D eigenvalue weighted by atomic mass is 79.9. The number of nitrogens with zero attached hydrogens (tertiary/aromatic N) is 3. The second-order valence-corrected chi connectivity index (χ2v) is 9.97. The summed E-state index contributed by atoms with van der Waals surface area (Å²) in [6.07, 6.45) is 3.03. The van der Waals surface area contributed by atoms with E-state index in [-0.39, 0.29) is 29.7 Å². The zero-order valence-electron chi connectivity index (χ0n) is 19.7. The third kappa shape index (κ3) is 5.46. The largest absolute Gasteiger partial charge is 0.354 e. The lowest BCUT2D eigenvalue weighted by molar-refractivity contribution is -0.132. The molecular formula is C24H32BrN5O3. The molecule has 1 atom stereocenters. The van der Waals surface area contributed by atoms with Gasteiger partial charge in [0, 0.05) is 24.1 Å². The van der Waals surface area contributed by atoms with E-state index in [1.165, 1.54) is 6.33 Å². The van der Waals surface area contributed by atoms with Gasteiger partial charge in [-0.3, -0.25) is 14.4 Å². The monoisotopic (exact) mass is 517 g/mol. The quantitative estimate of drug-likeness (QED) is 0.532. The van der Waals surface area contributed by atoms with E-state index in [1.54, 1.807) is 16.4 Å². The highest BCUT2D eigenvalue weighted by Crippen LogP contribution is 2.29. The van der Waals surface area contributed by atoms with Gasteiger partial charge in [0.1, 0.15) is 11.2 Å². The lowest BCUT2D eigenvalue weighted by Gasteiger charge is -2.43. The lowest BCUT2D eigenvalue weighted by atomic mass is 9.93. The van der Waals surface area contributed by atoms with Crippen LogP contribution in [0.1, 0.15) is 67.1 Å².